The number of carbonyl (C=O) groups excluding carboxylic acids is 1. The van der Waals surface area contributed by atoms with E-state index in [1.165, 1.54) is 0 Å². The van der Waals surface area contributed by atoms with Crippen LogP contribution in [0, 0.1) is 0 Å². The van der Waals surface area contributed by atoms with Gasteiger partial charge in [0.2, 0.25) is 5.91 Å². The number of thiophene rings is 1. The molecule has 1 aromatic carbocycles. The molecule has 4 rings (SSSR count). The third-order valence-electron chi connectivity index (χ3n) is 4.42. The maximum atomic E-state index is 12.6. The van der Waals surface area contributed by atoms with E-state index in [1.807, 2.05) is 42.6 Å². The molecule has 26 heavy (non-hydrogen) atoms. The van der Waals surface area contributed by atoms with Crippen LogP contribution >= 0.6 is 11.3 Å². The molecule has 0 aliphatic rings. The summed E-state index contributed by atoms with van der Waals surface area (Å²) in [4.78, 5) is 29.3. The molecule has 0 atom stereocenters. The molecule has 0 radical (unpaired) electrons. The Kier molecular flexibility index (Phi) is 4.30. The topological polar surface area (TPSA) is 68.9 Å². The van der Waals surface area contributed by atoms with Gasteiger partial charge < -0.3 is 5.32 Å². The molecule has 0 saturated heterocycles. The number of amides is 1. The van der Waals surface area contributed by atoms with Crippen LogP contribution in [0.5, 0.6) is 0 Å². The number of hydrogen-bond donors (Lipinski definition) is 1. The number of rotatable bonds is 5. The second-order valence-corrected chi connectivity index (χ2v) is 6.87. The third-order valence-corrected chi connectivity index (χ3v) is 5.36. The van der Waals surface area contributed by atoms with Gasteiger partial charge in [0.05, 0.1) is 26.9 Å². The summed E-state index contributed by atoms with van der Waals surface area (Å²) in [5.74, 6) is -0.119. The Labute approximate surface area is 153 Å². The summed E-state index contributed by atoms with van der Waals surface area (Å²) in [5, 5.41) is 4.89. The fraction of sp³-hybridized carbons (Fsp3) is 0.211. The highest BCUT2D eigenvalue weighted by Crippen LogP contribution is 2.26. The number of nitrogens with zero attached hydrogens (tertiary/aromatic N) is 3. The Morgan fingerprint density at radius 1 is 1.15 bits per heavy atom. The number of benzene rings is 1. The van der Waals surface area contributed by atoms with Gasteiger partial charge in [-0.25, -0.2) is 4.79 Å². The SMILES string of the molecule is CCn1c(=O)n(CCC(=O)Nc2ccnc3ccsc23)c2ccccc21. The number of pyridine rings is 1. The first-order chi connectivity index (χ1) is 12.7. The first-order valence-electron chi connectivity index (χ1n) is 8.49. The molecule has 0 bridgehead atoms. The summed E-state index contributed by atoms with van der Waals surface area (Å²) < 4.78 is 4.36. The van der Waals surface area contributed by atoms with Crippen molar-refractivity contribution >= 4 is 44.2 Å². The van der Waals surface area contributed by atoms with Crippen LogP contribution in [-0.2, 0) is 17.9 Å². The van der Waals surface area contributed by atoms with Crippen LogP contribution in [-0.4, -0.2) is 20.0 Å². The lowest BCUT2D eigenvalue weighted by Crippen LogP contribution is -2.25. The second kappa shape index (κ2) is 6.76. The highest BCUT2D eigenvalue weighted by atomic mass is 32.1. The molecule has 0 saturated carbocycles. The van der Waals surface area contributed by atoms with Crippen molar-refractivity contribution in [2.24, 2.45) is 0 Å². The fourth-order valence-corrected chi connectivity index (χ4v) is 4.01. The van der Waals surface area contributed by atoms with Crippen molar-refractivity contribution in [3.05, 3.63) is 58.5 Å². The van der Waals surface area contributed by atoms with Crippen LogP contribution in [0.25, 0.3) is 21.3 Å². The molecule has 132 valence electrons. The van der Waals surface area contributed by atoms with E-state index < -0.39 is 0 Å². The summed E-state index contributed by atoms with van der Waals surface area (Å²) in [6.07, 6.45) is 1.91. The molecule has 1 N–H and O–H groups in total. The molecular weight excluding hydrogens is 348 g/mol. The third kappa shape index (κ3) is 2.80. The number of fused-ring (bicyclic) bond motifs is 2. The van der Waals surface area contributed by atoms with Crippen molar-refractivity contribution in [3.8, 4) is 0 Å². The lowest BCUT2D eigenvalue weighted by molar-refractivity contribution is -0.116. The minimum atomic E-state index is -0.119. The van der Waals surface area contributed by atoms with Crippen LogP contribution in [0.3, 0.4) is 0 Å². The molecule has 0 fully saturated rings. The quantitative estimate of drug-likeness (QED) is 0.588. The number of nitrogens with one attached hydrogen (secondary N) is 1. The Morgan fingerprint density at radius 3 is 2.69 bits per heavy atom. The number of hydrogen-bond acceptors (Lipinski definition) is 4. The zero-order valence-corrected chi connectivity index (χ0v) is 15.1. The molecule has 6 nitrogen and oxygen atoms in total. The largest absolute Gasteiger partial charge is 0.329 e. The number of imidazole rings is 1. The zero-order valence-electron chi connectivity index (χ0n) is 14.3. The van der Waals surface area contributed by atoms with E-state index in [4.69, 9.17) is 0 Å². The Hall–Kier alpha value is -2.93. The highest BCUT2D eigenvalue weighted by Gasteiger charge is 2.13. The molecule has 0 aliphatic carbocycles. The number of anilines is 1. The normalized spacial score (nSPS) is 11.3. The second-order valence-electron chi connectivity index (χ2n) is 5.96. The Morgan fingerprint density at radius 2 is 1.92 bits per heavy atom. The molecule has 0 aliphatic heterocycles. The van der Waals surface area contributed by atoms with E-state index in [2.05, 4.69) is 10.3 Å². The molecule has 7 heteroatoms. The minimum absolute atomic E-state index is 0.0777. The van der Waals surface area contributed by atoms with Gasteiger partial charge in [0.1, 0.15) is 0 Å². The van der Waals surface area contributed by atoms with E-state index >= 15 is 0 Å². The van der Waals surface area contributed by atoms with Crippen molar-refractivity contribution in [1.82, 2.24) is 14.1 Å². The summed E-state index contributed by atoms with van der Waals surface area (Å²) in [6.45, 7) is 2.89. The van der Waals surface area contributed by atoms with Crippen molar-refractivity contribution in [3.63, 3.8) is 0 Å². The first kappa shape index (κ1) is 16.5. The standard InChI is InChI=1S/C19H18N4O2S/c1-2-22-15-5-3-4-6-16(15)23(19(22)25)11-8-17(24)21-14-7-10-20-13-9-12-26-18(13)14/h3-7,9-10,12H,2,8,11H2,1H3,(H,20,21,24). The van der Waals surface area contributed by atoms with Gasteiger partial charge in [-0.3, -0.25) is 18.9 Å². The number of carbonyl (C=O) groups is 1. The van der Waals surface area contributed by atoms with Gasteiger partial charge in [0.25, 0.3) is 0 Å². The molecule has 3 aromatic heterocycles. The van der Waals surface area contributed by atoms with Gasteiger partial charge in [-0.2, -0.15) is 0 Å². The van der Waals surface area contributed by atoms with Crippen molar-refractivity contribution in [1.29, 1.82) is 0 Å². The summed E-state index contributed by atoms with van der Waals surface area (Å²) in [7, 11) is 0. The molecule has 0 spiro atoms. The molecular formula is C19H18N4O2S. The smallest absolute Gasteiger partial charge is 0.325 e. The van der Waals surface area contributed by atoms with E-state index in [-0.39, 0.29) is 18.0 Å². The van der Waals surface area contributed by atoms with Gasteiger partial charge in [-0.1, -0.05) is 12.1 Å². The molecule has 4 aromatic rings. The lowest BCUT2D eigenvalue weighted by atomic mass is 10.3. The van der Waals surface area contributed by atoms with Gasteiger partial charge in [0.15, 0.2) is 0 Å². The van der Waals surface area contributed by atoms with Gasteiger partial charge in [-0.05, 0) is 36.6 Å². The monoisotopic (exact) mass is 366 g/mol. The number of para-hydroxylation sites is 2. The summed E-state index contributed by atoms with van der Waals surface area (Å²) in [5.41, 5.74) is 3.31. The van der Waals surface area contributed by atoms with E-state index in [0.29, 0.717) is 13.1 Å². The van der Waals surface area contributed by atoms with Crippen molar-refractivity contribution in [2.45, 2.75) is 26.4 Å². The van der Waals surface area contributed by atoms with Crippen LogP contribution in [0.1, 0.15) is 13.3 Å². The van der Waals surface area contributed by atoms with E-state index in [1.54, 1.807) is 32.7 Å². The fourth-order valence-electron chi connectivity index (χ4n) is 3.19. The van der Waals surface area contributed by atoms with Gasteiger partial charge in [-0.15, -0.1) is 11.3 Å². The summed E-state index contributed by atoms with van der Waals surface area (Å²) in [6, 6.07) is 11.4. The average Bonchev–Trinajstić information content (AvgIpc) is 3.23. The summed E-state index contributed by atoms with van der Waals surface area (Å²) >= 11 is 1.55. The Balaban J connectivity index is 1.55. The lowest BCUT2D eigenvalue weighted by Gasteiger charge is -2.07. The van der Waals surface area contributed by atoms with Crippen LogP contribution in [0.2, 0.25) is 0 Å². The van der Waals surface area contributed by atoms with Crippen molar-refractivity contribution < 1.29 is 4.79 Å². The molecule has 0 unspecified atom stereocenters. The van der Waals surface area contributed by atoms with E-state index in [0.717, 1.165) is 26.9 Å². The number of aromatic nitrogens is 3. The van der Waals surface area contributed by atoms with Gasteiger partial charge in [0, 0.05) is 25.7 Å². The zero-order chi connectivity index (χ0) is 18.1. The number of aryl methyl sites for hydroxylation is 2. The van der Waals surface area contributed by atoms with Crippen LogP contribution in [0.4, 0.5) is 5.69 Å². The predicted molar refractivity (Wildman–Crippen MR) is 105 cm³/mol. The maximum Gasteiger partial charge on any atom is 0.329 e. The highest BCUT2D eigenvalue weighted by molar-refractivity contribution is 7.17. The van der Waals surface area contributed by atoms with E-state index in [9.17, 15) is 9.59 Å². The predicted octanol–water partition coefficient (Wildman–Crippen LogP) is 3.46. The maximum absolute atomic E-state index is 12.6. The average molecular weight is 366 g/mol. The molecule has 1 amide bonds. The first-order valence-corrected chi connectivity index (χ1v) is 9.37. The minimum Gasteiger partial charge on any atom is -0.325 e. The Bertz CT molecular complexity index is 1160. The van der Waals surface area contributed by atoms with Gasteiger partial charge >= 0.3 is 5.69 Å². The van der Waals surface area contributed by atoms with Crippen LogP contribution in [0.15, 0.2) is 52.8 Å². The van der Waals surface area contributed by atoms with Crippen LogP contribution < -0.4 is 11.0 Å². The van der Waals surface area contributed by atoms with Crippen molar-refractivity contribution in [2.75, 3.05) is 5.32 Å². The molecule has 3 heterocycles.